The zero-order valence-electron chi connectivity index (χ0n) is 12.2. The van der Waals surface area contributed by atoms with Crippen LogP contribution in [0.4, 0.5) is 0 Å². The van der Waals surface area contributed by atoms with E-state index in [0.717, 1.165) is 16.6 Å². The maximum Gasteiger partial charge on any atom is 0.251 e. The number of carbonyl (C=O) groups excluding carboxylic acids is 1. The van der Waals surface area contributed by atoms with Crippen LogP contribution in [-0.4, -0.2) is 13.0 Å². The van der Waals surface area contributed by atoms with Gasteiger partial charge in [0.1, 0.15) is 0 Å². The van der Waals surface area contributed by atoms with Crippen molar-refractivity contribution in [3.8, 4) is 0 Å². The molecule has 0 heterocycles. The number of nitrogens with one attached hydrogen (secondary N) is 2. The minimum atomic E-state index is -0.0592. The molecule has 0 aliphatic heterocycles. The van der Waals surface area contributed by atoms with Crippen LogP contribution in [-0.2, 0) is 6.54 Å². The third-order valence-electron chi connectivity index (χ3n) is 3.43. The van der Waals surface area contributed by atoms with Crippen LogP contribution in [0, 0.1) is 0 Å². The minimum Gasteiger partial charge on any atom is -0.355 e. The van der Waals surface area contributed by atoms with Gasteiger partial charge in [0.05, 0.1) is 0 Å². The molecule has 2 aromatic carbocycles. The average molecular weight is 347 g/mol. The molecule has 0 fully saturated rings. The Kier molecular flexibility index (Phi) is 5.53. The molecule has 1 amide bonds. The smallest absolute Gasteiger partial charge is 0.251 e. The summed E-state index contributed by atoms with van der Waals surface area (Å²) < 4.78 is 1.11. The molecule has 4 heteroatoms. The fourth-order valence-corrected chi connectivity index (χ4v) is 2.75. The zero-order valence-corrected chi connectivity index (χ0v) is 13.8. The van der Waals surface area contributed by atoms with E-state index in [0.29, 0.717) is 5.56 Å². The zero-order chi connectivity index (χ0) is 15.2. The van der Waals surface area contributed by atoms with Crippen LogP contribution in [0.3, 0.4) is 0 Å². The van der Waals surface area contributed by atoms with Gasteiger partial charge in [-0.05, 0) is 36.2 Å². The van der Waals surface area contributed by atoms with Gasteiger partial charge in [0, 0.05) is 29.7 Å². The molecular weight excluding hydrogens is 328 g/mol. The molecule has 0 aromatic heterocycles. The Morgan fingerprint density at radius 1 is 1.14 bits per heavy atom. The van der Waals surface area contributed by atoms with Crippen LogP contribution < -0.4 is 10.6 Å². The Balaban J connectivity index is 1.97. The van der Waals surface area contributed by atoms with Crippen LogP contribution in [0.1, 0.15) is 34.5 Å². The van der Waals surface area contributed by atoms with Crippen LogP contribution >= 0.6 is 15.9 Å². The van der Waals surface area contributed by atoms with Crippen molar-refractivity contribution in [1.82, 2.24) is 10.6 Å². The van der Waals surface area contributed by atoms with E-state index < -0.39 is 0 Å². The highest BCUT2D eigenvalue weighted by Crippen LogP contribution is 2.22. The van der Waals surface area contributed by atoms with Crippen molar-refractivity contribution < 1.29 is 4.79 Å². The van der Waals surface area contributed by atoms with E-state index >= 15 is 0 Å². The van der Waals surface area contributed by atoms with Crippen molar-refractivity contribution in [3.63, 3.8) is 0 Å². The first-order valence-electron chi connectivity index (χ1n) is 6.90. The molecule has 3 nitrogen and oxygen atoms in total. The molecule has 0 aliphatic rings. The van der Waals surface area contributed by atoms with Gasteiger partial charge in [0.25, 0.3) is 5.91 Å². The van der Waals surface area contributed by atoms with Crippen molar-refractivity contribution in [2.24, 2.45) is 0 Å². The summed E-state index contributed by atoms with van der Waals surface area (Å²) in [6.45, 7) is 2.90. The maximum atomic E-state index is 11.5. The summed E-state index contributed by atoms with van der Waals surface area (Å²) >= 11 is 3.57. The van der Waals surface area contributed by atoms with Crippen LogP contribution in [0.25, 0.3) is 0 Å². The molecule has 21 heavy (non-hydrogen) atoms. The fraction of sp³-hybridized carbons (Fsp3) is 0.235. The van der Waals surface area contributed by atoms with Gasteiger partial charge in [-0.2, -0.15) is 0 Å². The third-order valence-corrected chi connectivity index (χ3v) is 4.15. The molecule has 0 radical (unpaired) electrons. The first-order chi connectivity index (χ1) is 10.1. The molecule has 0 bridgehead atoms. The number of hydrogen-bond donors (Lipinski definition) is 2. The SMILES string of the molecule is CNC(=O)c1ccc(CN[C@H](C)c2ccccc2Br)cc1. The largest absolute Gasteiger partial charge is 0.355 e. The summed E-state index contributed by atoms with van der Waals surface area (Å²) in [5.74, 6) is -0.0592. The lowest BCUT2D eigenvalue weighted by atomic mass is 10.1. The number of halogens is 1. The summed E-state index contributed by atoms with van der Waals surface area (Å²) in [5.41, 5.74) is 3.07. The van der Waals surface area contributed by atoms with Gasteiger partial charge >= 0.3 is 0 Å². The quantitative estimate of drug-likeness (QED) is 0.867. The van der Waals surface area contributed by atoms with Gasteiger partial charge in [0.15, 0.2) is 0 Å². The first-order valence-corrected chi connectivity index (χ1v) is 7.70. The summed E-state index contributed by atoms with van der Waals surface area (Å²) in [6.07, 6.45) is 0. The van der Waals surface area contributed by atoms with E-state index in [-0.39, 0.29) is 11.9 Å². The molecule has 110 valence electrons. The van der Waals surface area contributed by atoms with E-state index in [1.54, 1.807) is 7.05 Å². The molecule has 0 saturated heterocycles. The number of rotatable bonds is 5. The molecule has 2 aromatic rings. The van der Waals surface area contributed by atoms with Gasteiger partial charge < -0.3 is 10.6 Å². The Morgan fingerprint density at radius 3 is 2.43 bits per heavy atom. The van der Waals surface area contributed by atoms with Crippen LogP contribution in [0.2, 0.25) is 0 Å². The predicted molar refractivity (Wildman–Crippen MR) is 89.2 cm³/mol. The topological polar surface area (TPSA) is 41.1 Å². The molecule has 1 atom stereocenters. The average Bonchev–Trinajstić information content (AvgIpc) is 2.52. The van der Waals surface area contributed by atoms with Gasteiger partial charge in [0.2, 0.25) is 0 Å². The van der Waals surface area contributed by atoms with Gasteiger partial charge in [-0.3, -0.25) is 4.79 Å². The molecular formula is C17H19BrN2O. The highest BCUT2D eigenvalue weighted by molar-refractivity contribution is 9.10. The van der Waals surface area contributed by atoms with Crippen molar-refractivity contribution in [2.75, 3.05) is 7.05 Å². The highest BCUT2D eigenvalue weighted by Gasteiger charge is 2.08. The van der Waals surface area contributed by atoms with Gasteiger partial charge in [-0.25, -0.2) is 0 Å². The number of hydrogen-bond acceptors (Lipinski definition) is 2. The molecule has 0 unspecified atom stereocenters. The standard InChI is InChI=1S/C17H19BrN2O/c1-12(15-5-3-4-6-16(15)18)20-11-13-7-9-14(10-8-13)17(21)19-2/h3-10,12,20H,11H2,1-2H3,(H,19,21)/t12-/m1/s1. The second-order valence-corrected chi connectivity index (χ2v) is 5.75. The Hall–Kier alpha value is -1.65. The number of carbonyl (C=O) groups is 1. The molecule has 2 rings (SSSR count). The Labute approximate surface area is 133 Å². The highest BCUT2D eigenvalue weighted by atomic mass is 79.9. The van der Waals surface area contributed by atoms with Crippen molar-refractivity contribution in [1.29, 1.82) is 0 Å². The normalized spacial score (nSPS) is 12.0. The lowest BCUT2D eigenvalue weighted by Crippen LogP contribution is -2.19. The van der Waals surface area contributed by atoms with Crippen molar-refractivity contribution in [2.45, 2.75) is 19.5 Å². The van der Waals surface area contributed by atoms with E-state index in [2.05, 4.69) is 39.6 Å². The van der Waals surface area contributed by atoms with E-state index in [1.807, 2.05) is 42.5 Å². The Bertz CT molecular complexity index is 610. The summed E-state index contributed by atoms with van der Waals surface area (Å²) in [6, 6.07) is 16.1. The van der Waals surface area contributed by atoms with Gasteiger partial charge in [-0.15, -0.1) is 0 Å². The summed E-state index contributed by atoms with van der Waals surface area (Å²) in [4.78, 5) is 11.5. The lowest BCUT2D eigenvalue weighted by Gasteiger charge is -2.16. The van der Waals surface area contributed by atoms with E-state index in [1.165, 1.54) is 5.56 Å². The van der Waals surface area contributed by atoms with Crippen molar-refractivity contribution in [3.05, 3.63) is 69.7 Å². The second-order valence-electron chi connectivity index (χ2n) is 4.90. The molecule has 0 spiro atoms. The lowest BCUT2D eigenvalue weighted by molar-refractivity contribution is 0.0963. The summed E-state index contributed by atoms with van der Waals surface area (Å²) in [5, 5.41) is 6.11. The predicted octanol–water partition coefficient (Wildman–Crippen LogP) is 3.66. The van der Waals surface area contributed by atoms with Crippen molar-refractivity contribution >= 4 is 21.8 Å². The van der Waals surface area contributed by atoms with Crippen LogP contribution in [0.5, 0.6) is 0 Å². The molecule has 2 N–H and O–H groups in total. The third kappa shape index (κ3) is 4.16. The first kappa shape index (κ1) is 15.7. The Morgan fingerprint density at radius 2 is 1.81 bits per heavy atom. The molecule has 0 saturated carbocycles. The minimum absolute atomic E-state index is 0.0592. The van der Waals surface area contributed by atoms with Crippen LogP contribution in [0.15, 0.2) is 53.0 Å². The van der Waals surface area contributed by atoms with E-state index in [9.17, 15) is 4.79 Å². The number of benzene rings is 2. The summed E-state index contributed by atoms with van der Waals surface area (Å²) in [7, 11) is 1.64. The monoisotopic (exact) mass is 346 g/mol. The van der Waals surface area contributed by atoms with Gasteiger partial charge in [-0.1, -0.05) is 46.3 Å². The number of amides is 1. The van der Waals surface area contributed by atoms with E-state index in [4.69, 9.17) is 0 Å². The fourth-order valence-electron chi connectivity index (χ4n) is 2.13. The molecule has 0 aliphatic carbocycles. The maximum absolute atomic E-state index is 11.5. The second kappa shape index (κ2) is 7.38.